The van der Waals surface area contributed by atoms with E-state index in [2.05, 4.69) is 44.3 Å². The van der Waals surface area contributed by atoms with Crippen LogP contribution in [0.25, 0.3) is 0 Å². The average Bonchev–Trinajstić information content (AvgIpc) is 2.16. The van der Waals surface area contributed by atoms with Crippen molar-refractivity contribution in [3.8, 4) is 0 Å². The Balaban J connectivity index is 2.45. The Hall–Kier alpha value is -0.860. The summed E-state index contributed by atoms with van der Waals surface area (Å²) in [6, 6.07) is 6.46. The van der Waals surface area contributed by atoms with Crippen molar-refractivity contribution in [3.63, 3.8) is 0 Å². The van der Waals surface area contributed by atoms with Crippen LogP contribution in [0.2, 0.25) is 0 Å². The van der Waals surface area contributed by atoms with Crippen molar-refractivity contribution >= 4 is 0 Å². The number of hydrogen-bond acceptors (Lipinski definition) is 2. The number of aliphatic hydroxyl groups excluding tert-OH is 1. The monoisotopic (exact) mass is 221 g/mol. The van der Waals surface area contributed by atoms with Crippen molar-refractivity contribution in [1.29, 1.82) is 0 Å². The summed E-state index contributed by atoms with van der Waals surface area (Å²) in [6.45, 7) is 7.98. The van der Waals surface area contributed by atoms with Gasteiger partial charge in [0.2, 0.25) is 0 Å². The molecular formula is C14H23NO. The SMILES string of the molecule is CCCNCC(O)Cc1cc(C)cc(C)c1. The molecule has 1 aromatic carbocycles. The fraction of sp³-hybridized carbons (Fsp3) is 0.571. The van der Waals surface area contributed by atoms with Crippen LogP contribution in [-0.4, -0.2) is 24.3 Å². The van der Waals surface area contributed by atoms with Crippen LogP contribution in [0.4, 0.5) is 0 Å². The minimum atomic E-state index is -0.284. The standard InChI is InChI=1S/C14H23NO/c1-4-5-15-10-14(16)9-13-7-11(2)6-12(3)8-13/h6-8,14-16H,4-5,9-10H2,1-3H3. The van der Waals surface area contributed by atoms with Crippen LogP contribution in [0.1, 0.15) is 30.0 Å². The number of nitrogens with one attached hydrogen (secondary N) is 1. The van der Waals surface area contributed by atoms with Gasteiger partial charge in [-0.15, -0.1) is 0 Å². The molecule has 0 aliphatic carbocycles. The quantitative estimate of drug-likeness (QED) is 0.722. The molecule has 0 heterocycles. The van der Waals surface area contributed by atoms with Crippen molar-refractivity contribution in [2.45, 2.75) is 39.7 Å². The first-order chi connectivity index (χ1) is 7.61. The Kier molecular flexibility index (Phi) is 5.50. The highest BCUT2D eigenvalue weighted by Crippen LogP contribution is 2.10. The van der Waals surface area contributed by atoms with E-state index in [9.17, 15) is 5.11 Å². The zero-order valence-electron chi connectivity index (χ0n) is 10.6. The summed E-state index contributed by atoms with van der Waals surface area (Å²) < 4.78 is 0. The molecule has 0 saturated heterocycles. The predicted octanol–water partition coefficient (Wildman–Crippen LogP) is 2.21. The molecule has 0 spiro atoms. The Morgan fingerprint density at radius 2 is 1.81 bits per heavy atom. The lowest BCUT2D eigenvalue weighted by molar-refractivity contribution is 0.172. The predicted molar refractivity (Wildman–Crippen MR) is 68.8 cm³/mol. The molecule has 1 unspecified atom stereocenters. The van der Waals surface area contributed by atoms with Gasteiger partial charge >= 0.3 is 0 Å². The topological polar surface area (TPSA) is 32.3 Å². The minimum Gasteiger partial charge on any atom is -0.391 e. The molecule has 0 aliphatic heterocycles. The first-order valence-electron chi connectivity index (χ1n) is 6.07. The van der Waals surface area contributed by atoms with Crippen LogP contribution >= 0.6 is 0 Å². The molecule has 0 radical (unpaired) electrons. The number of aryl methyl sites for hydroxylation is 2. The first-order valence-corrected chi connectivity index (χ1v) is 6.07. The fourth-order valence-electron chi connectivity index (χ4n) is 1.98. The number of aliphatic hydroxyl groups is 1. The van der Waals surface area contributed by atoms with Crippen molar-refractivity contribution in [2.24, 2.45) is 0 Å². The van der Waals surface area contributed by atoms with Crippen LogP contribution in [0, 0.1) is 13.8 Å². The summed E-state index contributed by atoms with van der Waals surface area (Å²) in [4.78, 5) is 0. The lowest BCUT2D eigenvalue weighted by Gasteiger charge is -2.12. The van der Waals surface area contributed by atoms with Gasteiger partial charge in [-0.1, -0.05) is 36.2 Å². The molecule has 0 aliphatic rings. The zero-order valence-corrected chi connectivity index (χ0v) is 10.6. The zero-order chi connectivity index (χ0) is 12.0. The lowest BCUT2D eigenvalue weighted by Crippen LogP contribution is -2.28. The summed E-state index contributed by atoms with van der Waals surface area (Å²) in [5.74, 6) is 0. The first kappa shape index (κ1) is 13.2. The highest BCUT2D eigenvalue weighted by atomic mass is 16.3. The summed E-state index contributed by atoms with van der Waals surface area (Å²) in [7, 11) is 0. The van der Waals surface area contributed by atoms with Crippen molar-refractivity contribution in [3.05, 3.63) is 34.9 Å². The molecule has 0 fully saturated rings. The van der Waals surface area contributed by atoms with Crippen LogP contribution in [0.15, 0.2) is 18.2 Å². The van der Waals surface area contributed by atoms with Gasteiger partial charge in [0, 0.05) is 6.54 Å². The molecule has 0 saturated carbocycles. The van der Waals surface area contributed by atoms with Gasteiger partial charge in [-0.2, -0.15) is 0 Å². The average molecular weight is 221 g/mol. The highest BCUT2D eigenvalue weighted by molar-refractivity contribution is 5.28. The fourth-order valence-corrected chi connectivity index (χ4v) is 1.98. The Bertz CT molecular complexity index is 302. The molecule has 1 atom stereocenters. The third-order valence-electron chi connectivity index (χ3n) is 2.56. The molecule has 2 nitrogen and oxygen atoms in total. The van der Waals surface area contributed by atoms with Crippen LogP contribution < -0.4 is 5.32 Å². The van der Waals surface area contributed by atoms with E-state index in [1.807, 2.05) is 0 Å². The van der Waals surface area contributed by atoms with E-state index in [1.165, 1.54) is 16.7 Å². The maximum absolute atomic E-state index is 9.85. The van der Waals surface area contributed by atoms with E-state index in [0.29, 0.717) is 6.54 Å². The van der Waals surface area contributed by atoms with Crippen molar-refractivity contribution in [2.75, 3.05) is 13.1 Å². The Labute approximate surface area is 98.7 Å². The number of rotatable bonds is 6. The van der Waals surface area contributed by atoms with Gasteiger partial charge < -0.3 is 10.4 Å². The van der Waals surface area contributed by atoms with E-state index < -0.39 is 0 Å². The summed E-state index contributed by atoms with van der Waals surface area (Å²) in [5.41, 5.74) is 3.76. The molecule has 2 N–H and O–H groups in total. The molecule has 0 aromatic heterocycles. The normalized spacial score (nSPS) is 12.8. The second-order valence-corrected chi connectivity index (χ2v) is 4.56. The Morgan fingerprint density at radius 3 is 2.38 bits per heavy atom. The molecule has 0 bridgehead atoms. The molecule has 16 heavy (non-hydrogen) atoms. The largest absolute Gasteiger partial charge is 0.391 e. The van der Waals surface area contributed by atoms with Crippen LogP contribution in [0.5, 0.6) is 0 Å². The van der Waals surface area contributed by atoms with Gasteiger partial charge in [0.15, 0.2) is 0 Å². The summed E-state index contributed by atoms with van der Waals surface area (Å²) >= 11 is 0. The van der Waals surface area contributed by atoms with Crippen LogP contribution in [0.3, 0.4) is 0 Å². The second kappa shape index (κ2) is 6.66. The highest BCUT2D eigenvalue weighted by Gasteiger charge is 2.05. The Morgan fingerprint density at radius 1 is 1.19 bits per heavy atom. The molecular weight excluding hydrogens is 198 g/mol. The third kappa shape index (κ3) is 4.77. The van der Waals surface area contributed by atoms with E-state index in [4.69, 9.17) is 0 Å². The van der Waals surface area contributed by atoms with E-state index in [-0.39, 0.29) is 6.10 Å². The maximum atomic E-state index is 9.85. The van der Waals surface area contributed by atoms with Gasteiger partial charge in [0.25, 0.3) is 0 Å². The smallest absolute Gasteiger partial charge is 0.0704 e. The lowest BCUT2D eigenvalue weighted by atomic mass is 10.0. The molecule has 0 amide bonds. The van der Waals surface area contributed by atoms with E-state index in [1.54, 1.807) is 0 Å². The van der Waals surface area contributed by atoms with Gasteiger partial charge in [-0.3, -0.25) is 0 Å². The van der Waals surface area contributed by atoms with Gasteiger partial charge in [-0.25, -0.2) is 0 Å². The van der Waals surface area contributed by atoms with Gasteiger partial charge in [0.1, 0.15) is 0 Å². The van der Waals surface area contributed by atoms with Gasteiger partial charge in [-0.05, 0) is 38.8 Å². The molecule has 2 heteroatoms. The summed E-state index contributed by atoms with van der Waals surface area (Å²) in [5, 5.41) is 13.1. The minimum absolute atomic E-state index is 0.284. The third-order valence-corrected chi connectivity index (χ3v) is 2.56. The van der Waals surface area contributed by atoms with Crippen molar-refractivity contribution < 1.29 is 5.11 Å². The summed E-state index contributed by atoms with van der Waals surface area (Å²) in [6.07, 6.45) is 1.56. The molecule has 90 valence electrons. The number of hydrogen-bond donors (Lipinski definition) is 2. The molecule has 1 rings (SSSR count). The van der Waals surface area contributed by atoms with E-state index >= 15 is 0 Å². The maximum Gasteiger partial charge on any atom is 0.0704 e. The van der Waals surface area contributed by atoms with Crippen LogP contribution in [-0.2, 0) is 6.42 Å². The van der Waals surface area contributed by atoms with Crippen molar-refractivity contribution in [1.82, 2.24) is 5.32 Å². The second-order valence-electron chi connectivity index (χ2n) is 4.56. The molecule has 1 aromatic rings. The number of benzene rings is 1. The van der Waals surface area contributed by atoms with E-state index in [0.717, 1.165) is 19.4 Å². The van der Waals surface area contributed by atoms with Gasteiger partial charge in [0.05, 0.1) is 6.10 Å².